The van der Waals surface area contributed by atoms with Crippen LogP contribution in [-0.2, 0) is 4.74 Å². The Morgan fingerprint density at radius 1 is 1.22 bits per heavy atom. The summed E-state index contributed by atoms with van der Waals surface area (Å²) >= 11 is 6.33. The number of nitrogens with zero attached hydrogens (tertiary/aromatic N) is 1. The smallest absolute Gasteiger partial charge is 0.101 e. The number of ether oxygens (including phenoxy) is 1. The summed E-state index contributed by atoms with van der Waals surface area (Å²) in [5.74, 6) is 2.05. The maximum absolute atomic E-state index is 14.3. The molecule has 1 saturated heterocycles. The van der Waals surface area contributed by atoms with Crippen molar-refractivity contribution in [1.82, 2.24) is 10.2 Å². The van der Waals surface area contributed by atoms with Gasteiger partial charge in [0.2, 0.25) is 0 Å². The average Bonchev–Trinajstić information content (AvgIpc) is 2.71. The van der Waals surface area contributed by atoms with E-state index >= 15 is 0 Å². The van der Waals surface area contributed by atoms with Gasteiger partial charge in [-0.2, -0.15) is 0 Å². The summed E-state index contributed by atoms with van der Waals surface area (Å²) in [6.45, 7) is 14.6. The Kier molecular flexibility index (Phi) is 9.92. The third-order valence-electron chi connectivity index (χ3n) is 8.31. The summed E-state index contributed by atoms with van der Waals surface area (Å²) in [5, 5.41) is 4.19. The molecule has 2 fully saturated rings. The van der Waals surface area contributed by atoms with Crippen molar-refractivity contribution >= 4 is 11.6 Å². The second-order valence-electron chi connectivity index (χ2n) is 12.0. The van der Waals surface area contributed by atoms with E-state index < -0.39 is 6.17 Å². The van der Waals surface area contributed by atoms with Gasteiger partial charge in [-0.3, -0.25) is 0 Å². The number of nitrogens with one attached hydrogen (secondary N) is 1. The number of rotatable bonds is 9. The van der Waals surface area contributed by atoms with Crippen molar-refractivity contribution < 1.29 is 9.13 Å². The Hall–Kier alpha value is -0.160. The van der Waals surface area contributed by atoms with Crippen LogP contribution in [0.25, 0.3) is 0 Å². The van der Waals surface area contributed by atoms with Crippen molar-refractivity contribution in [2.75, 3.05) is 39.9 Å². The van der Waals surface area contributed by atoms with Crippen LogP contribution in [0.1, 0.15) is 72.6 Å². The van der Waals surface area contributed by atoms with E-state index in [0.29, 0.717) is 60.0 Å². The van der Waals surface area contributed by atoms with Crippen molar-refractivity contribution in [3.63, 3.8) is 0 Å². The number of likely N-dealkylation sites (tertiary alicyclic amines) is 1. The van der Waals surface area contributed by atoms with Gasteiger partial charge in [-0.05, 0) is 87.1 Å². The molecular weight excluding hydrogens is 423 g/mol. The molecule has 0 aromatic carbocycles. The van der Waals surface area contributed by atoms with Gasteiger partial charge in [-0.15, -0.1) is 11.6 Å². The topological polar surface area (TPSA) is 24.5 Å². The number of methoxy groups -OCH3 is 1. The van der Waals surface area contributed by atoms with Gasteiger partial charge in [0, 0.05) is 38.2 Å². The largest absolute Gasteiger partial charge is 0.384 e. The maximum atomic E-state index is 14.3. The highest BCUT2D eigenvalue weighted by molar-refractivity contribution is 6.20. The lowest BCUT2D eigenvalue weighted by Gasteiger charge is -2.47. The summed E-state index contributed by atoms with van der Waals surface area (Å²) in [6, 6.07) is 0.453. The molecule has 0 radical (unpaired) electrons. The Labute approximate surface area is 201 Å². The molecule has 1 heterocycles. The van der Waals surface area contributed by atoms with Gasteiger partial charge >= 0.3 is 0 Å². The summed E-state index contributed by atoms with van der Waals surface area (Å²) < 4.78 is 19.6. The highest BCUT2D eigenvalue weighted by Gasteiger charge is 2.39. The molecular formula is C27H48ClFN2O. The lowest BCUT2D eigenvalue weighted by atomic mass is 9.68. The summed E-state index contributed by atoms with van der Waals surface area (Å²) in [6.07, 6.45) is 8.84. The highest BCUT2D eigenvalue weighted by atomic mass is 35.5. The van der Waals surface area contributed by atoms with E-state index in [-0.39, 0.29) is 0 Å². The number of piperidine rings is 1. The molecule has 3 aliphatic rings. The fraction of sp³-hybridized carbons (Fsp3) is 0.926. The van der Waals surface area contributed by atoms with E-state index in [1.807, 2.05) is 0 Å². The van der Waals surface area contributed by atoms with Gasteiger partial charge in [0.1, 0.15) is 6.17 Å². The van der Waals surface area contributed by atoms with Gasteiger partial charge in [-0.1, -0.05) is 39.3 Å². The van der Waals surface area contributed by atoms with Crippen LogP contribution < -0.4 is 5.32 Å². The van der Waals surface area contributed by atoms with Gasteiger partial charge in [0.25, 0.3) is 0 Å². The molecule has 1 aliphatic heterocycles. The summed E-state index contributed by atoms with van der Waals surface area (Å²) in [4.78, 5) is 2.68. The molecule has 0 bridgehead atoms. The third-order valence-corrected chi connectivity index (χ3v) is 8.71. The number of alkyl halides is 2. The van der Waals surface area contributed by atoms with E-state index in [9.17, 15) is 4.39 Å². The first-order valence-electron chi connectivity index (χ1n) is 13.1. The molecule has 3 nitrogen and oxygen atoms in total. The Balaban J connectivity index is 1.52. The van der Waals surface area contributed by atoms with E-state index in [1.165, 1.54) is 19.4 Å². The normalized spacial score (nSPS) is 35.0. The molecule has 0 spiro atoms. The predicted molar refractivity (Wildman–Crippen MR) is 134 cm³/mol. The van der Waals surface area contributed by atoms with Crippen LogP contribution in [0, 0.1) is 29.1 Å². The second kappa shape index (κ2) is 12.0. The molecule has 5 heteroatoms. The van der Waals surface area contributed by atoms with Gasteiger partial charge in [0.15, 0.2) is 0 Å². The van der Waals surface area contributed by atoms with Crippen LogP contribution in [0.5, 0.6) is 0 Å². The Bertz CT molecular complexity index is 610. The molecule has 0 aromatic rings. The standard InChI is InChI=1S/C27H48ClFN2O/c1-19(2)26(30-15-20-12-21(17-32-5)14-24(29)13-20)16-31-11-10-25(27(3,4)18-31)22-6-8-23(28)9-7-22/h6,19-21,23-26,30H,7-18H2,1-5H3/t20?,21?,23?,24?,25?,26-/m0/s1. The van der Waals surface area contributed by atoms with Crippen LogP contribution in [0.15, 0.2) is 11.6 Å². The summed E-state index contributed by atoms with van der Waals surface area (Å²) in [5.41, 5.74) is 1.96. The van der Waals surface area contributed by atoms with Gasteiger partial charge in [-0.25, -0.2) is 4.39 Å². The SMILES string of the molecule is COCC1CC(F)CC(CN[C@@H](CN2CCC(C3=CCC(Cl)CC3)C(C)(C)C2)C(C)C)C1. The van der Waals surface area contributed by atoms with Crippen molar-refractivity contribution in [3.05, 3.63) is 11.6 Å². The zero-order valence-corrected chi connectivity index (χ0v) is 22.0. The minimum Gasteiger partial charge on any atom is -0.384 e. The van der Waals surface area contributed by atoms with Crippen molar-refractivity contribution in [3.8, 4) is 0 Å². The Morgan fingerprint density at radius 2 is 1.97 bits per heavy atom. The molecule has 3 rings (SSSR count). The van der Waals surface area contributed by atoms with Crippen molar-refractivity contribution in [1.29, 1.82) is 0 Å². The van der Waals surface area contributed by atoms with E-state index in [2.05, 4.69) is 44.0 Å². The first-order chi connectivity index (χ1) is 15.2. The number of allylic oxidation sites excluding steroid dienone is 2. The maximum Gasteiger partial charge on any atom is 0.101 e. The molecule has 1 saturated carbocycles. The van der Waals surface area contributed by atoms with E-state index in [0.717, 1.165) is 38.9 Å². The highest BCUT2D eigenvalue weighted by Crippen LogP contribution is 2.43. The lowest BCUT2D eigenvalue weighted by molar-refractivity contribution is 0.0555. The molecule has 6 atom stereocenters. The van der Waals surface area contributed by atoms with E-state index in [1.54, 1.807) is 12.7 Å². The van der Waals surface area contributed by atoms with Crippen molar-refractivity contribution in [2.45, 2.75) is 90.2 Å². The zero-order chi connectivity index (χ0) is 23.3. The van der Waals surface area contributed by atoms with E-state index in [4.69, 9.17) is 16.3 Å². The molecule has 2 aliphatic carbocycles. The minimum atomic E-state index is -0.670. The van der Waals surface area contributed by atoms with Crippen LogP contribution >= 0.6 is 11.6 Å². The first kappa shape index (κ1) is 26.4. The van der Waals surface area contributed by atoms with Crippen LogP contribution in [0.4, 0.5) is 4.39 Å². The zero-order valence-electron chi connectivity index (χ0n) is 21.2. The number of hydrogen-bond acceptors (Lipinski definition) is 3. The molecule has 0 amide bonds. The molecule has 32 heavy (non-hydrogen) atoms. The fourth-order valence-electron chi connectivity index (χ4n) is 6.58. The predicted octanol–water partition coefficient (Wildman–Crippen LogP) is 6.07. The molecule has 1 N–H and O–H groups in total. The number of hydrogen-bond donors (Lipinski definition) is 1. The first-order valence-corrected chi connectivity index (χ1v) is 13.5. The molecule has 186 valence electrons. The fourth-order valence-corrected chi connectivity index (χ4v) is 6.78. The number of halogens is 2. The second-order valence-corrected chi connectivity index (χ2v) is 12.6. The van der Waals surface area contributed by atoms with Crippen LogP contribution in [0.2, 0.25) is 0 Å². The summed E-state index contributed by atoms with van der Waals surface area (Å²) in [7, 11) is 1.73. The third kappa shape index (κ3) is 7.42. The molecule has 0 aromatic heterocycles. The van der Waals surface area contributed by atoms with Gasteiger partial charge in [0.05, 0.1) is 0 Å². The minimum absolute atomic E-state index is 0.295. The monoisotopic (exact) mass is 470 g/mol. The average molecular weight is 471 g/mol. The van der Waals surface area contributed by atoms with Crippen LogP contribution in [-0.4, -0.2) is 62.4 Å². The van der Waals surface area contributed by atoms with Gasteiger partial charge < -0.3 is 15.0 Å². The Morgan fingerprint density at radius 3 is 2.59 bits per heavy atom. The quantitative estimate of drug-likeness (QED) is 0.327. The lowest BCUT2D eigenvalue weighted by Crippen LogP contribution is -2.52. The molecule has 5 unspecified atom stereocenters. The van der Waals surface area contributed by atoms with Crippen LogP contribution in [0.3, 0.4) is 0 Å². The van der Waals surface area contributed by atoms with Crippen molar-refractivity contribution in [2.24, 2.45) is 29.1 Å².